The van der Waals surface area contributed by atoms with Crippen molar-refractivity contribution in [3.8, 4) is 0 Å². The molecule has 2 rings (SSSR count). The van der Waals surface area contributed by atoms with Gasteiger partial charge in [0.05, 0.1) is 0 Å². The lowest BCUT2D eigenvalue weighted by molar-refractivity contribution is 0.681. The molecule has 1 fully saturated rings. The van der Waals surface area contributed by atoms with Crippen LogP contribution >= 0.6 is 31.4 Å². The molecule has 0 N–H and O–H groups in total. The van der Waals surface area contributed by atoms with Crippen LogP contribution in [0.4, 0.5) is 0 Å². The van der Waals surface area contributed by atoms with E-state index in [-0.39, 0.29) is 7.92 Å². The molecule has 0 aliphatic carbocycles. The average Bonchev–Trinajstić information content (AvgIpc) is 2.52. The molecule has 21 heavy (non-hydrogen) atoms. The monoisotopic (exact) mass is 360 g/mol. The van der Waals surface area contributed by atoms with Crippen LogP contribution in [-0.2, 0) is 10.8 Å². The first-order valence-corrected chi connectivity index (χ1v) is 13.2. The SMILES string of the molecule is O=S1CCCSCCP(c2ccccc2)CCSCCC1. The first kappa shape index (κ1) is 17.8. The lowest BCUT2D eigenvalue weighted by atomic mass is 10.4. The maximum atomic E-state index is 11.8. The summed E-state index contributed by atoms with van der Waals surface area (Å²) in [4.78, 5) is 0. The summed E-state index contributed by atoms with van der Waals surface area (Å²) in [5, 5.41) is 1.57. The Morgan fingerprint density at radius 2 is 1.43 bits per heavy atom. The Morgan fingerprint density at radius 1 is 0.857 bits per heavy atom. The molecule has 1 aliphatic heterocycles. The molecule has 0 bridgehead atoms. The van der Waals surface area contributed by atoms with E-state index in [1.807, 2.05) is 0 Å². The number of benzene rings is 1. The Bertz CT molecular complexity index is 395. The second-order valence-electron chi connectivity index (χ2n) is 5.10. The van der Waals surface area contributed by atoms with Gasteiger partial charge in [-0.3, -0.25) is 4.21 Å². The number of hydrogen-bond acceptors (Lipinski definition) is 3. The van der Waals surface area contributed by atoms with E-state index in [1.54, 1.807) is 5.30 Å². The van der Waals surface area contributed by atoms with Gasteiger partial charge in [0.1, 0.15) is 0 Å². The van der Waals surface area contributed by atoms with E-state index < -0.39 is 10.8 Å². The Hall–Kier alpha value is 0.500. The van der Waals surface area contributed by atoms with E-state index in [0.717, 1.165) is 24.3 Å². The van der Waals surface area contributed by atoms with E-state index in [0.29, 0.717) is 0 Å². The van der Waals surface area contributed by atoms with Gasteiger partial charge in [0.2, 0.25) is 0 Å². The fourth-order valence-electron chi connectivity index (χ4n) is 2.31. The summed E-state index contributed by atoms with van der Waals surface area (Å²) in [6.45, 7) is 0. The van der Waals surface area contributed by atoms with Crippen molar-refractivity contribution in [2.45, 2.75) is 12.8 Å². The van der Waals surface area contributed by atoms with Gasteiger partial charge in [-0.05, 0) is 53.5 Å². The van der Waals surface area contributed by atoms with Crippen LogP contribution in [0.25, 0.3) is 0 Å². The average molecular weight is 361 g/mol. The molecule has 1 aliphatic rings. The predicted molar refractivity (Wildman–Crippen MR) is 104 cm³/mol. The van der Waals surface area contributed by atoms with E-state index in [4.69, 9.17) is 0 Å². The van der Waals surface area contributed by atoms with Gasteiger partial charge in [0, 0.05) is 22.3 Å². The van der Waals surface area contributed by atoms with Crippen molar-refractivity contribution in [3.63, 3.8) is 0 Å². The first-order valence-electron chi connectivity index (χ1n) is 7.67. The number of rotatable bonds is 1. The summed E-state index contributed by atoms with van der Waals surface area (Å²) in [6, 6.07) is 11.1. The van der Waals surface area contributed by atoms with Gasteiger partial charge in [0.25, 0.3) is 0 Å². The highest BCUT2D eigenvalue weighted by atomic mass is 32.2. The summed E-state index contributed by atoms with van der Waals surface area (Å²) < 4.78 is 11.8. The molecule has 118 valence electrons. The van der Waals surface area contributed by atoms with Gasteiger partial charge in [-0.15, -0.1) is 0 Å². The van der Waals surface area contributed by atoms with Crippen molar-refractivity contribution in [3.05, 3.63) is 30.3 Å². The summed E-state index contributed by atoms with van der Waals surface area (Å²) in [7, 11) is -0.556. The molecule has 0 aromatic heterocycles. The van der Waals surface area contributed by atoms with Crippen molar-refractivity contribution in [1.29, 1.82) is 0 Å². The van der Waals surface area contributed by atoms with Crippen LogP contribution in [0.1, 0.15) is 12.8 Å². The third-order valence-electron chi connectivity index (χ3n) is 3.45. The molecule has 0 atom stereocenters. The molecule has 0 saturated carbocycles. The smallest absolute Gasteiger partial charge is 0.0242 e. The van der Waals surface area contributed by atoms with Gasteiger partial charge < -0.3 is 0 Å². The van der Waals surface area contributed by atoms with E-state index >= 15 is 0 Å². The molecule has 1 aromatic carbocycles. The third-order valence-corrected chi connectivity index (χ3v) is 10.2. The van der Waals surface area contributed by atoms with Crippen molar-refractivity contribution < 1.29 is 4.21 Å². The lowest BCUT2D eigenvalue weighted by Crippen LogP contribution is -2.10. The molecule has 5 heteroatoms. The van der Waals surface area contributed by atoms with Crippen LogP contribution in [-0.4, -0.2) is 51.0 Å². The minimum atomic E-state index is -0.570. The maximum Gasteiger partial charge on any atom is 0.0242 e. The van der Waals surface area contributed by atoms with Crippen molar-refractivity contribution >= 4 is 47.5 Å². The maximum absolute atomic E-state index is 11.8. The second-order valence-corrected chi connectivity index (χ2v) is 11.7. The summed E-state index contributed by atoms with van der Waals surface area (Å²) in [5.74, 6) is 6.70. The Kier molecular flexibility index (Phi) is 9.43. The quantitative estimate of drug-likeness (QED) is 0.709. The first-order chi connectivity index (χ1) is 10.4. The van der Waals surface area contributed by atoms with Gasteiger partial charge in [-0.1, -0.05) is 38.3 Å². The highest BCUT2D eigenvalue weighted by Gasteiger charge is 2.11. The molecule has 1 aromatic rings. The molecule has 0 amide bonds. The van der Waals surface area contributed by atoms with Gasteiger partial charge in [-0.25, -0.2) is 0 Å². The van der Waals surface area contributed by atoms with Gasteiger partial charge in [0.15, 0.2) is 0 Å². The van der Waals surface area contributed by atoms with Gasteiger partial charge in [-0.2, -0.15) is 23.5 Å². The minimum Gasteiger partial charge on any atom is -0.260 e. The number of hydrogen-bond donors (Lipinski definition) is 0. The molecule has 0 unspecified atom stereocenters. The molecule has 0 spiro atoms. The fraction of sp³-hybridized carbons (Fsp3) is 0.625. The molecule has 1 heterocycles. The predicted octanol–water partition coefficient (Wildman–Crippen LogP) is 3.80. The van der Waals surface area contributed by atoms with E-state index in [1.165, 1.54) is 35.3 Å². The van der Waals surface area contributed by atoms with E-state index in [2.05, 4.69) is 53.9 Å². The zero-order chi connectivity index (χ0) is 14.8. The summed E-state index contributed by atoms with van der Waals surface area (Å²) in [6.07, 6.45) is 4.92. The van der Waals surface area contributed by atoms with Gasteiger partial charge >= 0.3 is 0 Å². The molecule has 1 nitrogen and oxygen atoms in total. The topological polar surface area (TPSA) is 17.1 Å². The Morgan fingerprint density at radius 3 is 2.00 bits per heavy atom. The van der Waals surface area contributed by atoms with Crippen LogP contribution in [0, 0.1) is 0 Å². The fourth-order valence-corrected chi connectivity index (χ4v) is 9.05. The van der Waals surface area contributed by atoms with Crippen LogP contribution in [0.2, 0.25) is 0 Å². The zero-order valence-corrected chi connectivity index (χ0v) is 15.9. The van der Waals surface area contributed by atoms with Crippen molar-refractivity contribution in [2.75, 3.05) is 46.8 Å². The third kappa shape index (κ3) is 7.54. The lowest BCUT2D eigenvalue weighted by Gasteiger charge is -2.18. The van der Waals surface area contributed by atoms with Crippen molar-refractivity contribution in [1.82, 2.24) is 0 Å². The van der Waals surface area contributed by atoms with Crippen LogP contribution in [0.5, 0.6) is 0 Å². The van der Waals surface area contributed by atoms with Crippen LogP contribution in [0.3, 0.4) is 0 Å². The van der Waals surface area contributed by atoms with E-state index in [9.17, 15) is 4.21 Å². The van der Waals surface area contributed by atoms with Crippen molar-refractivity contribution in [2.24, 2.45) is 0 Å². The number of thioether (sulfide) groups is 2. The van der Waals surface area contributed by atoms with Crippen LogP contribution in [0.15, 0.2) is 30.3 Å². The standard InChI is InChI=1S/C16H25OPS3/c17-21-14-4-10-19-12-8-18(9-13-20-11-5-15-21)16-6-2-1-3-7-16/h1-3,6-7H,4-5,8-15H2. The molecular formula is C16H25OPS3. The summed E-state index contributed by atoms with van der Waals surface area (Å²) in [5.41, 5.74) is 0. The minimum absolute atomic E-state index is 0.0143. The molecule has 1 saturated heterocycles. The molecular weight excluding hydrogens is 335 g/mol. The van der Waals surface area contributed by atoms with Crippen LogP contribution < -0.4 is 5.30 Å². The molecule has 0 radical (unpaired) electrons. The Labute approximate surface area is 141 Å². The normalized spacial score (nSPS) is 26.9. The highest BCUT2D eigenvalue weighted by molar-refractivity contribution is 8.00. The zero-order valence-electron chi connectivity index (χ0n) is 12.5. The highest BCUT2D eigenvalue weighted by Crippen LogP contribution is 2.36. The Balaban J connectivity index is 1.86. The largest absolute Gasteiger partial charge is 0.260 e. The summed E-state index contributed by atoms with van der Waals surface area (Å²) >= 11 is 4.11. The second kappa shape index (κ2) is 11.1.